The third kappa shape index (κ3) is 3.32. The molecule has 6 heteroatoms. The summed E-state index contributed by atoms with van der Waals surface area (Å²) in [5.41, 5.74) is 9.68. The first kappa shape index (κ1) is 16.7. The number of carbonyl (C=O) groups excluding carboxylic acids is 1. The number of aromatic amines is 1. The number of halogens is 1. The van der Waals surface area contributed by atoms with Crippen LogP contribution in [0.3, 0.4) is 0 Å². The van der Waals surface area contributed by atoms with Gasteiger partial charge in [0.15, 0.2) is 0 Å². The van der Waals surface area contributed by atoms with Crippen LogP contribution in [0.15, 0.2) is 42.7 Å². The Hall–Kier alpha value is -2.73. The summed E-state index contributed by atoms with van der Waals surface area (Å²) in [6, 6.07) is 10.2. The fourth-order valence-corrected chi connectivity index (χ4v) is 3.49. The van der Waals surface area contributed by atoms with Crippen LogP contribution in [0.5, 0.6) is 0 Å². The molecule has 26 heavy (non-hydrogen) atoms. The first-order chi connectivity index (χ1) is 12.6. The first-order valence-corrected chi connectivity index (χ1v) is 8.83. The number of alkyl halides is 1. The lowest BCUT2D eigenvalue weighted by Crippen LogP contribution is -2.33. The number of pyridine rings is 1. The van der Waals surface area contributed by atoms with Crippen molar-refractivity contribution in [3.63, 3.8) is 0 Å². The Morgan fingerprint density at radius 3 is 2.65 bits per heavy atom. The molecule has 3 N–H and O–H groups in total. The van der Waals surface area contributed by atoms with Gasteiger partial charge in [-0.2, -0.15) is 0 Å². The highest BCUT2D eigenvalue weighted by molar-refractivity contribution is 6.05. The molecule has 0 bridgehead atoms. The highest BCUT2D eigenvalue weighted by Gasteiger charge is 2.18. The van der Waals surface area contributed by atoms with Crippen molar-refractivity contribution in [3.05, 3.63) is 53.9 Å². The van der Waals surface area contributed by atoms with Crippen molar-refractivity contribution >= 4 is 16.9 Å². The van der Waals surface area contributed by atoms with Crippen molar-refractivity contribution in [1.29, 1.82) is 0 Å². The summed E-state index contributed by atoms with van der Waals surface area (Å²) < 4.78 is 13.2. The molecule has 0 spiro atoms. The minimum absolute atomic E-state index is 0.447. The molecular formula is C20H21FN4O. The maximum Gasteiger partial charge on any atom is 0.250 e. The van der Waals surface area contributed by atoms with Gasteiger partial charge in [-0.05, 0) is 30.0 Å². The number of H-pyrrole nitrogens is 1. The number of rotatable bonds is 4. The molecule has 3 aromatic rings. The maximum atomic E-state index is 13.2. The van der Waals surface area contributed by atoms with E-state index in [1.807, 2.05) is 6.07 Å². The Kier molecular flexibility index (Phi) is 4.42. The Bertz CT molecular complexity index is 927. The molecule has 1 saturated heterocycles. The van der Waals surface area contributed by atoms with Gasteiger partial charge >= 0.3 is 0 Å². The SMILES string of the molecule is NC(=O)c1c[nH]c2ncc(-c3ccc(CN4CCC(F)CC4)cc3)cc12. The summed E-state index contributed by atoms with van der Waals surface area (Å²) in [6.07, 6.45) is 3.98. The summed E-state index contributed by atoms with van der Waals surface area (Å²) in [6.45, 7) is 2.47. The molecule has 134 valence electrons. The number of amides is 1. The number of fused-ring (bicyclic) bond motifs is 1. The van der Waals surface area contributed by atoms with Gasteiger partial charge in [-0.1, -0.05) is 24.3 Å². The average Bonchev–Trinajstić information content (AvgIpc) is 3.08. The molecule has 0 unspecified atom stereocenters. The van der Waals surface area contributed by atoms with E-state index < -0.39 is 12.1 Å². The van der Waals surface area contributed by atoms with Gasteiger partial charge in [-0.15, -0.1) is 0 Å². The number of primary amides is 1. The van der Waals surface area contributed by atoms with E-state index in [0.717, 1.165) is 36.1 Å². The van der Waals surface area contributed by atoms with Gasteiger partial charge in [0.1, 0.15) is 11.8 Å². The zero-order valence-corrected chi connectivity index (χ0v) is 14.4. The highest BCUT2D eigenvalue weighted by Crippen LogP contribution is 2.25. The Labute approximate surface area is 151 Å². The van der Waals surface area contributed by atoms with Gasteiger partial charge in [0, 0.05) is 43.0 Å². The van der Waals surface area contributed by atoms with Crippen LogP contribution in [0, 0.1) is 0 Å². The van der Waals surface area contributed by atoms with Crippen LogP contribution in [-0.4, -0.2) is 40.0 Å². The topological polar surface area (TPSA) is 75.0 Å². The molecule has 1 fully saturated rings. The predicted molar refractivity (Wildman–Crippen MR) is 99.5 cm³/mol. The van der Waals surface area contributed by atoms with Crippen molar-refractivity contribution in [1.82, 2.24) is 14.9 Å². The molecule has 1 aliphatic rings. The molecule has 1 aromatic carbocycles. The van der Waals surface area contributed by atoms with Gasteiger partial charge in [-0.25, -0.2) is 9.37 Å². The molecular weight excluding hydrogens is 331 g/mol. The van der Waals surface area contributed by atoms with Gasteiger partial charge in [-0.3, -0.25) is 9.69 Å². The Morgan fingerprint density at radius 1 is 1.23 bits per heavy atom. The van der Waals surface area contributed by atoms with Crippen molar-refractivity contribution in [2.75, 3.05) is 13.1 Å². The molecule has 0 radical (unpaired) electrons. The minimum atomic E-state index is -0.644. The van der Waals surface area contributed by atoms with Crippen LogP contribution >= 0.6 is 0 Å². The average molecular weight is 352 g/mol. The molecule has 1 aliphatic heterocycles. The van der Waals surface area contributed by atoms with E-state index in [1.165, 1.54) is 5.56 Å². The molecule has 4 rings (SSSR count). The van der Waals surface area contributed by atoms with Gasteiger partial charge < -0.3 is 10.7 Å². The van der Waals surface area contributed by atoms with Crippen LogP contribution in [0.25, 0.3) is 22.2 Å². The maximum absolute atomic E-state index is 13.2. The zero-order chi connectivity index (χ0) is 18.1. The predicted octanol–water partition coefficient (Wildman–Crippen LogP) is 3.26. The van der Waals surface area contributed by atoms with Crippen LogP contribution in [0.2, 0.25) is 0 Å². The number of benzene rings is 1. The normalized spacial score (nSPS) is 16.2. The summed E-state index contributed by atoms with van der Waals surface area (Å²) in [7, 11) is 0. The number of nitrogens with one attached hydrogen (secondary N) is 1. The molecule has 0 aliphatic carbocycles. The molecule has 2 aromatic heterocycles. The molecule has 0 saturated carbocycles. The lowest BCUT2D eigenvalue weighted by atomic mass is 10.0. The van der Waals surface area contributed by atoms with Crippen LogP contribution in [0.1, 0.15) is 28.8 Å². The monoisotopic (exact) mass is 352 g/mol. The fourth-order valence-electron chi connectivity index (χ4n) is 3.49. The Balaban J connectivity index is 1.54. The molecule has 0 atom stereocenters. The number of nitrogens with two attached hydrogens (primary N) is 1. The molecule has 5 nitrogen and oxygen atoms in total. The second-order valence-corrected chi connectivity index (χ2v) is 6.83. The summed E-state index contributed by atoms with van der Waals surface area (Å²) >= 11 is 0. The largest absolute Gasteiger partial charge is 0.366 e. The smallest absolute Gasteiger partial charge is 0.250 e. The number of likely N-dealkylation sites (tertiary alicyclic amines) is 1. The van der Waals surface area contributed by atoms with Crippen molar-refractivity contribution in [2.45, 2.75) is 25.6 Å². The number of hydrogen-bond acceptors (Lipinski definition) is 3. The number of nitrogens with zero attached hydrogens (tertiary/aromatic N) is 2. The van der Waals surface area contributed by atoms with Crippen LogP contribution in [-0.2, 0) is 6.54 Å². The van der Waals surface area contributed by atoms with E-state index in [9.17, 15) is 9.18 Å². The second kappa shape index (κ2) is 6.88. The molecule has 3 heterocycles. The number of aromatic nitrogens is 2. The van der Waals surface area contributed by atoms with E-state index in [1.54, 1.807) is 12.4 Å². The van der Waals surface area contributed by atoms with E-state index >= 15 is 0 Å². The number of carbonyl (C=O) groups is 1. The highest BCUT2D eigenvalue weighted by atomic mass is 19.1. The van der Waals surface area contributed by atoms with Gasteiger partial charge in [0.25, 0.3) is 5.91 Å². The fraction of sp³-hybridized carbons (Fsp3) is 0.300. The van der Waals surface area contributed by atoms with Gasteiger partial charge in [0.2, 0.25) is 0 Å². The lowest BCUT2D eigenvalue weighted by Gasteiger charge is -2.28. The number of hydrogen-bond donors (Lipinski definition) is 2. The van der Waals surface area contributed by atoms with E-state index in [2.05, 4.69) is 39.1 Å². The Morgan fingerprint density at radius 2 is 1.96 bits per heavy atom. The molecule has 1 amide bonds. The third-order valence-corrected chi connectivity index (χ3v) is 5.01. The van der Waals surface area contributed by atoms with Crippen LogP contribution < -0.4 is 5.73 Å². The van der Waals surface area contributed by atoms with E-state index in [0.29, 0.717) is 24.1 Å². The quantitative estimate of drug-likeness (QED) is 0.757. The van der Waals surface area contributed by atoms with E-state index in [-0.39, 0.29) is 0 Å². The third-order valence-electron chi connectivity index (χ3n) is 5.01. The standard InChI is InChI=1S/C20H21FN4O/c21-16-5-7-25(8-6-16)12-13-1-3-14(4-2-13)15-9-17-18(19(22)26)11-24-20(17)23-10-15/h1-4,9-11,16H,5-8,12H2,(H2,22,26)(H,23,24). The second-order valence-electron chi connectivity index (χ2n) is 6.83. The van der Waals surface area contributed by atoms with E-state index in [4.69, 9.17) is 5.73 Å². The lowest BCUT2D eigenvalue weighted by molar-refractivity contribution is 0.100. The van der Waals surface area contributed by atoms with Crippen molar-refractivity contribution in [3.8, 4) is 11.1 Å². The van der Waals surface area contributed by atoms with Crippen molar-refractivity contribution in [2.24, 2.45) is 5.73 Å². The summed E-state index contributed by atoms with van der Waals surface area (Å²) in [5, 5.41) is 0.730. The van der Waals surface area contributed by atoms with Crippen LogP contribution in [0.4, 0.5) is 4.39 Å². The summed E-state index contributed by atoms with van der Waals surface area (Å²) in [4.78, 5) is 21.2. The number of piperidine rings is 1. The van der Waals surface area contributed by atoms with Crippen molar-refractivity contribution < 1.29 is 9.18 Å². The van der Waals surface area contributed by atoms with Gasteiger partial charge in [0.05, 0.1) is 5.56 Å². The minimum Gasteiger partial charge on any atom is -0.366 e. The zero-order valence-electron chi connectivity index (χ0n) is 14.4. The first-order valence-electron chi connectivity index (χ1n) is 8.83. The summed E-state index contributed by atoms with van der Waals surface area (Å²) in [5.74, 6) is -0.470.